The molecule has 1 saturated heterocycles. The third-order valence-corrected chi connectivity index (χ3v) is 4.56. The smallest absolute Gasteiger partial charge is 0.337 e. The number of thiazole rings is 1. The molecule has 0 atom stereocenters. The summed E-state index contributed by atoms with van der Waals surface area (Å²) in [6.45, 7) is 4.32. The number of likely N-dealkylation sites (tertiary alicyclic amines) is 1. The van der Waals surface area contributed by atoms with Gasteiger partial charge in [0.15, 0.2) is 5.60 Å². The fraction of sp³-hybridized carbons (Fsp3) is 0.615. The first-order valence-electron chi connectivity index (χ1n) is 6.66. The Kier molecular flexibility index (Phi) is 4.48. The van der Waals surface area contributed by atoms with Gasteiger partial charge in [-0.05, 0) is 13.8 Å². The topological polar surface area (TPSA) is 91.8 Å². The van der Waals surface area contributed by atoms with Crippen LogP contribution in [0.15, 0.2) is 0 Å². The Labute approximate surface area is 126 Å². The van der Waals surface area contributed by atoms with Gasteiger partial charge in [-0.1, -0.05) is 0 Å². The van der Waals surface area contributed by atoms with Crippen molar-refractivity contribution in [3.8, 4) is 0 Å². The molecule has 116 valence electrons. The molecule has 1 aromatic rings. The molecule has 2 rings (SSSR count). The number of ether oxygens (including phenoxy) is 1. The second-order valence-corrected chi connectivity index (χ2v) is 6.29. The lowest BCUT2D eigenvalue weighted by atomic mass is 9.92. The Morgan fingerprint density at radius 1 is 1.38 bits per heavy atom. The van der Waals surface area contributed by atoms with Gasteiger partial charge in [0.1, 0.15) is 5.00 Å². The van der Waals surface area contributed by atoms with Crippen LogP contribution in [0, 0.1) is 13.8 Å². The molecule has 1 fully saturated rings. The molecule has 0 unspecified atom stereocenters. The highest BCUT2D eigenvalue weighted by molar-refractivity contribution is 7.16. The maximum atomic E-state index is 12.2. The van der Waals surface area contributed by atoms with Gasteiger partial charge in [0.25, 0.3) is 0 Å². The summed E-state index contributed by atoms with van der Waals surface area (Å²) in [6.07, 6.45) is 0.349. The number of urea groups is 1. The minimum Gasteiger partial charge on any atom is -0.467 e. The zero-order valence-electron chi connectivity index (χ0n) is 12.3. The second-order valence-electron chi connectivity index (χ2n) is 5.09. The van der Waals surface area contributed by atoms with E-state index in [9.17, 15) is 14.7 Å². The molecule has 7 nitrogen and oxygen atoms in total. The maximum absolute atomic E-state index is 12.2. The Bertz CT molecular complexity index is 550. The summed E-state index contributed by atoms with van der Waals surface area (Å²) < 4.78 is 4.59. The van der Waals surface area contributed by atoms with E-state index in [0.717, 1.165) is 15.7 Å². The van der Waals surface area contributed by atoms with Gasteiger partial charge in [-0.2, -0.15) is 0 Å². The molecule has 1 aliphatic heterocycles. The van der Waals surface area contributed by atoms with E-state index in [-0.39, 0.29) is 18.9 Å². The van der Waals surface area contributed by atoms with Crippen molar-refractivity contribution >= 4 is 28.3 Å². The number of aromatic nitrogens is 1. The predicted molar refractivity (Wildman–Crippen MR) is 78.4 cm³/mol. The Hall–Kier alpha value is -1.67. The summed E-state index contributed by atoms with van der Waals surface area (Å²) in [6, 6.07) is -0.242. The normalized spacial score (nSPS) is 17.4. The minimum atomic E-state index is -1.48. The highest BCUT2D eigenvalue weighted by Crippen LogP contribution is 2.26. The molecule has 0 saturated carbocycles. The molecular formula is C13H19N3O4S. The highest BCUT2D eigenvalue weighted by atomic mass is 32.1. The Balaban J connectivity index is 1.94. The van der Waals surface area contributed by atoms with Crippen LogP contribution in [0.4, 0.5) is 9.80 Å². The average molecular weight is 313 g/mol. The molecule has 0 radical (unpaired) electrons. The van der Waals surface area contributed by atoms with E-state index in [0.29, 0.717) is 13.1 Å². The molecule has 8 heteroatoms. The van der Waals surface area contributed by atoms with E-state index in [4.69, 9.17) is 0 Å². The van der Waals surface area contributed by atoms with E-state index in [1.807, 2.05) is 13.8 Å². The van der Waals surface area contributed by atoms with Crippen LogP contribution in [0.25, 0.3) is 0 Å². The number of piperidine rings is 1. The molecule has 21 heavy (non-hydrogen) atoms. The van der Waals surface area contributed by atoms with Crippen LogP contribution >= 0.6 is 11.3 Å². The number of esters is 1. The molecule has 0 bridgehead atoms. The van der Waals surface area contributed by atoms with Crippen molar-refractivity contribution in [3.63, 3.8) is 0 Å². The van der Waals surface area contributed by atoms with Crippen molar-refractivity contribution in [2.45, 2.75) is 32.3 Å². The molecule has 0 aromatic carbocycles. The first-order chi connectivity index (χ1) is 9.85. The molecule has 0 spiro atoms. The van der Waals surface area contributed by atoms with E-state index in [1.165, 1.54) is 18.4 Å². The predicted octanol–water partition coefficient (Wildman–Crippen LogP) is 1.29. The van der Waals surface area contributed by atoms with Gasteiger partial charge < -0.3 is 14.7 Å². The van der Waals surface area contributed by atoms with Crippen molar-refractivity contribution in [1.29, 1.82) is 0 Å². The van der Waals surface area contributed by atoms with Gasteiger partial charge in [0.05, 0.1) is 17.8 Å². The summed E-state index contributed by atoms with van der Waals surface area (Å²) in [5.74, 6) is -0.642. The second kappa shape index (κ2) is 5.98. The number of methoxy groups -OCH3 is 1. The molecule has 1 aliphatic rings. The van der Waals surface area contributed by atoms with Crippen molar-refractivity contribution in [1.82, 2.24) is 9.88 Å². The van der Waals surface area contributed by atoms with Gasteiger partial charge in [-0.25, -0.2) is 14.6 Å². The summed E-state index contributed by atoms with van der Waals surface area (Å²) in [5, 5.41) is 14.6. The number of amides is 2. The quantitative estimate of drug-likeness (QED) is 0.803. The molecule has 0 aliphatic carbocycles. The zero-order valence-corrected chi connectivity index (χ0v) is 13.1. The lowest BCUT2D eigenvalue weighted by molar-refractivity contribution is -0.166. The first-order valence-corrected chi connectivity index (χ1v) is 7.48. The van der Waals surface area contributed by atoms with E-state index < -0.39 is 11.6 Å². The van der Waals surface area contributed by atoms with Crippen LogP contribution in [-0.2, 0) is 9.53 Å². The number of carbonyl (C=O) groups excluding carboxylic acids is 2. The standard InChI is InChI=1S/C13H19N3O4S/c1-8-10(21-9(2)14-8)15-12(18)16-6-4-13(19,5-7-16)11(17)20-3/h19H,4-7H2,1-3H3,(H,15,18). The van der Waals surface area contributed by atoms with E-state index in [1.54, 1.807) is 4.90 Å². The van der Waals surface area contributed by atoms with Crippen molar-refractivity contribution in [2.75, 3.05) is 25.5 Å². The summed E-state index contributed by atoms with van der Waals surface area (Å²) in [7, 11) is 1.24. The highest BCUT2D eigenvalue weighted by Gasteiger charge is 2.41. The van der Waals surface area contributed by atoms with Crippen molar-refractivity contribution < 1.29 is 19.4 Å². The summed E-state index contributed by atoms with van der Waals surface area (Å²) in [4.78, 5) is 29.5. The van der Waals surface area contributed by atoms with E-state index in [2.05, 4.69) is 15.0 Å². The molecular weight excluding hydrogens is 294 g/mol. The van der Waals surface area contributed by atoms with Crippen molar-refractivity contribution in [2.24, 2.45) is 0 Å². The maximum Gasteiger partial charge on any atom is 0.337 e. The lowest BCUT2D eigenvalue weighted by Gasteiger charge is -2.35. The number of hydrogen-bond acceptors (Lipinski definition) is 6. The van der Waals surface area contributed by atoms with Crippen LogP contribution < -0.4 is 5.32 Å². The monoisotopic (exact) mass is 313 g/mol. The number of aryl methyl sites for hydroxylation is 2. The fourth-order valence-corrected chi connectivity index (χ4v) is 3.11. The molecule has 2 heterocycles. The molecule has 2 amide bonds. The number of hydrogen-bond donors (Lipinski definition) is 2. The Morgan fingerprint density at radius 3 is 2.48 bits per heavy atom. The zero-order chi connectivity index (χ0) is 15.6. The number of carbonyl (C=O) groups is 2. The van der Waals surface area contributed by atoms with Crippen LogP contribution in [0.2, 0.25) is 0 Å². The first kappa shape index (κ1) is 15.7. The van der Waals surface area contributed by atoms with Gasteiger partial charge in [-0.3, -0.25) is 5.32 Å². The SMILES string of the molecule is COC(=O)C1(O)CCN(C(=O)Nc2sc(C)nc2C)CC1. The van der Waals surface area contributed by atoms with Crippen LogP contribution in [0.3, 0.4) is 0 Å². The number of rotatable bonds is 2. The average Bonchev–Trinajstić information content (AvgIpc) is 2.76. The summed E-state index contributed by atoms with van der Waals surface area (Å²) >= 11 is 1.42. The van der Waals surface area contributed by atoms with Gasteiger partial charge in [0.2, 0.25) is 0 Å². The fourth-order valence-electron chi connectivity index (χ4n) is 2.30. The van der Waals surface area contributed by atoms with Crippen LogP contribution in [-0.4, -0.2) is 52.8 Å². The largest absolute Gasteiger partial charge is 0.467 e. The third-order valence-electron chi connectivity index (χ3n) is 3.57. The Morgan fingerprint density at radius 2 is 2.00 bits per heavy atom. The van der Waals surface area contributed by atoms with Gasteiger partial charge in [-0.15, -0.1) is 11.3 Å². The van der Waals surface area contributed by atoms with Crippen LogP contribution in [0.1, 0.15) is 23.5 Å². The third kappa shape index (κ3) is 3.33. The molecule has 1 aromatic heterocycles. The van der Waals surface area contributed by atoms with E-state index >= 15 is 0 Å². The number of nitrogens with one attached hydrogen (secondary N) is 1. The van der Waals surface area contributed by atoms with Crippen molar-refractivity contribution in [3.05, 3.63) is 10.7 Å². The number of aliphatic hydroxyl groups is 1. The number of nitrogens with zero attached hydrogens (tertiary/aromatic N) is 2. The van der Waals surface area contributed by atoms with Crippen LogP contribution in [0.5, 0.6) is 0 Å². The van der Waals surface area contributed by atoms with Gasteiger partial charge >= 0.3 is 12.0 Å². The lowest BCUT2D eigenvalue weighted by Crippen LogP contribution is -2.52. The molecule has 2 N–H and O–H groups in total. The van der Waals surface area contributed by atoms with Gasteiger partial charge in [0, 0.05) is 25.9 Å². The summed E-state index contributed by atoms with van der Waals surface area (Å²) in [5.41, 5.74) is -0.698. The minimum absolute atomic E-state index is 0.174. The number of anilines is 1.